The molecule has 3 aliphatic rings. The second-order valence-electron chi connectivity index (χ2n) is 7.86. The van der Waals surface area contributed by atoms with Gasteiger partial charge in [0.2, 0.25) is 0 Å². The van der Waals surface area contributed by atoms with Crippen molar-refractivity contribution in [3.63, 3.8) is 0 Å². The molecule has 3 fully saturated rings. The van der Waals surface area contributed by atoms with Gasteiger partial charge in [-0.3, -0.25) is 9.88 Å². The molecule has 0 spiro atoms. The molecule has 1 unspecified atom stereocenters. The number of nitrogens with zero attached hydrogens (tertiary/aromatic N) is 2. The molecule has 1 aromatic heterocycles. The number of pyridine rings is 1. The van der Waals surface area contributed by atoms with Gasteiger partial charge in [0.25, 0.3) is 3.79 Å². The van der Waals surface area contributed by atoms with Crippen LogP contribution in [0.4, 0.5) is 0 Å². The summed E-state index contributed by atoms with van der Waals surface area (Å²) in [5.74, 6) is 0.737. The summed E-state index contributed by atoms with van der Waals surface area (Å²) in [7, 11) is 1.69. The first-order valence-corrected chi connectivity index (χ1v) is 11.1. The molecule has 6 nitrogen and oxygen atoms in total. The van der Waals surface area contributed by atoms with Gasteiger partial charge in [0.1, 0.15) is 5.75 Å². The third kappa shape index (κ3) is 5.44. The third-order valence-electron chi connectivity index (χ3n) is 6.15. The largest absolute Gasteiger partial charge is 0.497 e. The fraction of sp³-hybridized carbons (Fsp3) is 0.455. The van der Waals surface area contributed by atoms with Crippen LogP contribution >= 0.6 is 34.8 Å². The van der Waals surface area contributed by atoms with Gasteiger partial charge in [-0.2, -0.15) is 0 Å². The zero-order chi connectivity index (χ0) is 22.8. The maximum atomic E-state index is 9.62. The van der Waals surface area contributed by atoms with Crippen molar-refractivity contribution in [2.75, 3.05) is 20.2 Å². The molecule has 5 atom stereocenters. The Morgan fingerprint density at radius 1 is 1.42 bits per heavy atom. The normalized spacial score (nSPS) is 26.0. The molecule has 0 saturated carbocycles. The van der Waals surface area contributed by atoms with Crippen LogP contribution in [0, 0.1) is 11.8 Å². The van der Waals surface area contributed by atoms with Gasteiger partial charge in [0, 0.05) is 30.2 Å². The van der Waals surface area contributed by atoms with Crippen molar-refractivity contribution in [3.05, 3.63) is 48.7 Å². The number of piperidine rings is 3. The van der Waals surface area contributed by atoms with Gasteiger partial charge in [-0.1, -0.05) is 40.9 Å². The number of halogens is 3. The Balaban J connectivity index is 0.000000339. The van der Waals surface area contributed by atoms with Crippen molar-refractivity contribution in [2.45, 2.75) is 28.7 Å². The molecule has 2 aromatic rings. The van der Waals surface area contributed by atoms with Crippen LogP contribution in [0.5, 0.6) is 5.75 Å². The van der Waals surface area contributed by atoms with Crippen molar-refractivity contribution >= 4 is 51.7 Å². The van der Waals surface area contributed by atoms with E-state index in [9.17, 15) is 4.79 Å². The second kappa shape index (κ2) is 9.92. The maximum absolute atomic E-state index is 9.62. The Hall–Kier alpha value is -1.57. The molecule has 168 valence electrons. The van der Waals surface area contributed by atoms with Crippen molar-refractivity contribution < 1.29 is 14.6 Å². The molecule has 3 aliphatic heterocycles. The molecular formula is C22H26Cl3N3O3. The van der Waals surface area contributed by atoms with Gasteiger partial charge in [0.05, 0.1) is 12.6 Å². The molecule has 4 heterocycles. The number of fused-ring (bicyclic) bond motifs is 4. The minimum Gasteiger partial charge on any atom is -0.497 e. The van der Waals surface area contributed by atoms with Crippen LogP contribution < -0.4 is 10.5 Å². The van der Waals surface area contributed by atoms with E-state index in [1.165, 1.54) is 12.0 Å². The second-order valence-corrected chi connectivity index (χ2v) is 10.1. The monoisotopic (exact) mass is 485 g/mol. The Kier molecular flexibility index (Phi) is 7.71. The Labute approximate surface area is 196 Å². The lowest BCUT2D eigenvalue weighted by Gasteiger charge is -2.51. The Bertz CT molecular complexity index is 950. The van der Waals surface area contributed by atoms with E-state index in [0.29, 0.717) is 12.0 Å². The average molecular weight is 487 g/mol. The number of carboxylic acid groups (broad SMARTS) is 1. The van der Waals surface area contributed by atoms with Gasteiger partial charge in [-0.05, 0) is 61.1 Å². The smallest absolute Gasteiger partial charge is 0.356 e. The predicted octanol–water partition coefficient (Wildman–Crippen LogP) is 4.58. The molecule has 0 amide bonds. The van der Waals surface area contributed by atoms with Gasteiger partial charge >= 0.3 is 5.97 Å². The fourth-order valence-electron chi connectivity index (χ4n) is 4.52. The third-order valence-corrected chi connectivity index (χ3v) is 6.64. The first-order valence-electron chi connectivity index (χ1n) is 10.0. The first kappa shape index (κ1) is 24.1. The summed E-state index contributed by atoms with van der Waals surface area (Å²) in [5, 5.41) is 8.96. The zero-order valence-corrected chi connectivity index (χ0v) is 19.4. The predicted molar refractivity (Wildman–Crippen MR) is 125 cm³/mol. The summed E-state index contributed by atoms with van der Waals surface area (Å²) < 4.78 is 3.22. The highest BCUT2D eigenvalue weighted by atomic mass is 35.6. The van der Waals surface area contributed by atoms with E-state index in [2.05, 4.69) is 34.7 Å². The Morgan fingerprint density at radius 3 is 2.68 bits per heavy atom. The number of ether oxygens (including phenoxy) is 1. The van der Waals surface area contributed by atoms with Crippen LogP contribution in [0.1, 0.15) is 24.4 Å². The van der Waals surface area contributed by atoms with Crippen molar-refractivity contribution in [3.8, 4) is 5.75 Å². The number of alkyl halides is 3. The van der Waals surface area contributed by atoms with E-state index in [0.717, 1.165) is 42.1 Å². The summed E-state index contributed by atoms with van der Waals surface area (Å²) in [4.78, 5) is 16.7. The lowest BCUT2D eigenvalue weighted by atomic mass is 9.73. The molecule has 3 N–H and O–H groups in total. The molecule has 0 aliphatic carbocycles. The average Bonchev–Trinajstić information content (AvgIpc) is 2.77. The summed E-state index contributed by atoms with van der Waals surface area (Å²) in [6.45, 7) is 6.26. The number of rotatable bonds is 4. The van der Waals surface area contributed by atoms with Crippen LogP contribution in [-0.2, 0) is 4.79 Å². The number of hydrogen-bond donors (Lipinski definition) is 2. The molecule has 2 bridgehead atoms. The minimum atomic E-state index is -2.17. The highest BCUT2D eigenvalue weighted by Gasteiger charge is 2.41. The molecular weight excluding hydrogens is 461 g/mol. The quantitative estimate of drug-likeness (QED) is 0.486. The van der Waals surface area contributed by atoms with Crippen LogP contribution in [0.2, 0.25) is 0 Å². The number of hydrogen-bond acceptors (Lipinski definition) is 5. The van der Waals surface area contributed by atoms with Gasteiger partial charge in [-0.15, -0.1) is 6.58 Å². The SMILES string of the molecule is C=C[C@H]1CN2CC[C@H]1C[C@@H]2[C@H](N)c1ccnc2ccc(OC)cc12.O=C(O)C(Cl)(Cl)Cl. The van der Waals surface area contributed by atoms with E-state index in [-0.39, 0.29) is 6.04 Å². The number of nitrogens with two attached hydrogens (primary N) is 1. The van der Waals surface area contributed by atoms with E-state index >= 15 is 0 Å². The van der Waals surface area contributed by atoms with E-state index in [4.69, 9.17) is 50.4 Å². The van der Waals surface area contributed by atoms with E-state index < -0.39 is 9.76 Å². The van der Waals surface area contributed by atoms with Crippen molar-refractivity contribution in [1.82, 2.24) is 9.88 Å². The molecule has 5 rings (SSSR count). The summed E-state index contributed by atoms with van der Waals surface area (Å²) in [5.41, 5.74) is 8.91. The highest BCUT2D eigenvalue weighted by molar-refractivity contribution is 6.75. The van der Waals surface area contributed by atoms with Gasteiger partial charge in [-0.25, -0.2) is 4.79 Å². The van der Waals surface area contributed by atoms with Crippen LogP contribution in [-0.4, -0.2) is 51.0 Å². The van der Waals surface area contributed by atoms with Crippen LogP contribution in [0.3, 0.4) is 0 Å². The maximum Gasteiger partial charge on any atom is 0.356 e. The van der Waals surface area contributed by atoms with Crippen LogP contribution in [0.25, 0.3) is 10.9 Å². The van der Waals surface area contributed by atoms with Gasteiger partial charge in [0.15, 0.2) is 0 Å². The van der Waals surface area contributed by atoms with Crippen molar-refractivity contribution in [2.24, 2.45) is 17.6 Å². The van der Waals surface area contributed by atoms with Gasteiger partial charge < -0.3 is 15.6 Å². The fourth-order valence-corrected chi connectivity index (χ4v) is 4.52. The minimum absolute atomic E-state index is 0.00354. The summed E-state index contributed by atoms with van der Waals surface area (Å²) in [6, 6.07) is 8.48. The first-order chi connectivity index (χ1) is 14.7. The van der Waals surface area contributed by atoms with E-state index in [1.807, 2.05) is 18.3 Å². The highest BCUT2D eigenvalue weighted by Crippen LogP contribution is 2.41. The summed E-state index contributed by atoms with van der Waals surface area (Å²) in [6.07, 6.45) is 6.43. The molecule has 31 heavy (non-hydrogen) atoms. The molecule has 1 aromatic carbocycles. The van der Waals surface area contributed by atoms with E-state index in [1.54, 1.807) is 7.11 Å². The molecule has 9 heteroatoms. The molecule has 0 radical (unpaired) electrons. The number of aliphatic carboxylic acids is 1. The standard InChI is InChI=1S/C20H25N3O.C2HCl3O2/c1-3-13-12-23-9-7-14(13)10-19(23)20(21)16-6-8-22-18-5-4-15(24-2)11-17(16)18;3-2(4,5)1(6)7/h3-6,8,11,13-14,19-20H,1,7,9-10,12,21H2,2H3;(H,6,7)/t13-,14-,19+,20+;/m0./s1. The number of carboxylic acids is 1. The topological polar surface area (TPSA) is 88.7 Å². The van der Waals surface area contributed by atoms with Crippen LogP contribution in [0.15, 0.2) is 43.1 Å². The number of carbonyl (C=O) groups is 1. The zero-order valence-electron chi connectivity index (χ0n) is 17.2. The number of methoxy groups -OCH3 is 1. The number of aromatic nitrogens is 1. The molecule has 3 saturated heterocycles. The summed E-state index contributed by atoms with van der Waals surface area (Å²) >= 11 is 14.4. The lowest BCUT2D eigenvalue weighted by molar-refractivity contribution is -0.135. The lowest BCUT2D eigenvalue weighted by Crippen LogP contribution is -2.56. The number of benzene rings is 1. The Morgan fingerprint density at radius 2 is 2.13 bits per heavy atom. The van der Waals surface area contributed by atoms with Crippen molar-refractivity contribution in [1.29, 1.82) is 0 Å².